The summed E-state index contributed by atoms with van der Waals surface area (Å²) in [5.41, 5.74) is 1.65. The molecule has 1 amide bonds. The van der Waals surface area contributed by atoms with Crippen molar-refractivity contribution in [3.05, 3.63) is 52.6 Å². The Balaban J connectivity index is 1.85. The van der Waals surface area contributed by atoms with Crippen LogP contribution in [0.1, 0.15) is 34.8 Å². The minimum Gasteiger partial charge on any atom is -0.360 e. The van der Waals surface area contributed by atoms with Gasteiger partial charge >= 0.3 is 0 Å². The third kappa shape index (κ3) is 2.32. The number of nitrogens with zero attached hydrogens (tertiary/aromatic N) is 1. The van der Waals surface area contributed by atoms with Crippen LogP contribution in [0.4, 0.5) is 0 Å². The van der Waals surface area contributed by atoms with Crippen LogP contribution in [0.3, 0.4) is 0 Å². The van der Waals surface area contributed by atoms with Crippen LogP contribution in [0.2, 0.25) is 0 Å². The summed E-state index contributed by atoms with van der Waals surface area (Å²) >= 11 is 1.56. The van der Waals surface area contributed by atoms with Gasteiger partial charge in [-0.15, -0.1) is 11.3 Å². The Labute approximate surface area is 120 Å². The van der Waals surface area contributed by atoms with Crippen molar-refractivity contribution in [2.45, 2.75) is 19.4 Å². The number of carbonyl (C=O) groups excluding carboxylic acids is 1. The van der Waals surface area contributed by atoms with Crippen molar-refractivity contribution in [1.82, 2.24) is 15.3 Å². The molecule has 0 radical (unpaired) electrons. The summed E-state index contributed by atoms with van der Waals surface area (Å²) < 4.78 is 0. The first kappa shape index (κ1) is 12.9. The Morgan fingerprint density at radius 1 is 1.45 bits per heavy atom. The Hall–Kier alpha value is -2.14. The fourth-order valence-electron chi connectivity index (χ4n) is 2.24. The number of carbonyl (C=O) groups is 1. The maximum atomic E-state index is 12.4. The van der Waals surface area contributed by atoms with Crippen LogP contribution in [0, 0.1) is 0 Å². The van der Waals surface area contributed by atoms with Crippen LogP contribution in [0.25, 0.3) is 10.9 Å². The van der Waals surface area contributed by atoms with Gasteiger partial charge in [0.25, 0.3) is 5.91 Å². The monoisotopic (exact) mass is 285 g/mol. The first-order chi connectivity index (χ1) is 9.79. The Morgan fingerprint density at radius 3 is 3.05 bits per heavy atom. The number of thiazole rings is 1. The smallest absolute Gasteiger partial charge is 0.254 e. The topological polar surface area (TPSA) is 57.8 Å². The van der Waals surface area contributed by atoms with Gasteiger partial charge in [0.15, 0.2) is 0 Å². The second-order valence-corrected chi connectivity index (χ2v) is 5.48. The molecule has 4 nitrogen and oxygen atoms in total. The van der Waals surface area contributed by atoms with Crippen molar-refractivity contribution < 1.29 is 4.79 Å². The molecule has 1 atom stereocenters. The summed E-state index contributed by atoms with van der Waals surface area (Å²) in [6.07, 6.45) is 4.34. The van der Waals surface area contributed by atoms with Gasteiger partial charge in [-0.25, -0.2) is 4.98 Å². The predicted octanol–water partition coefficient (Wildman–Crippen LogP) is 3.51. The van der Waals surface area contributed by atoms with Gasteiger partial charge in [-0.2, -0.15) is 0 Å². The zero-order valence-electron chi connectivity index (χ0n) is 11.1. The number of hydrogen-bond donors (Lipinski definition) is 2. The number of amides is 1. The number of aromatic nitrogens is 2. The molecule has 0 spiro atoms. The normalized spacial score (nSPS) is 12.4. The average Bonchev–Trinajstić information content (AvgIpc) is 3.13. The van der Waals surface area contributed by atoms with Gasteiger partial charge in [-0.3, -0.25) is 4.79 Å². The van der Waals surface area contributed by atoms with Crippen molar-refractivity contribution >= 4 is 28.1 Å². The van der Waals surface area contributed by atoms with Crippen LogP contribution in [0.5, 0.6) is 0 Å². The molecular weight excluding hydrogens is 270 g/mol. The van der Waals surface area contributed by atoms with E-state index in [1.54, 1.807) is 23.7 Å². The van der Waals surface area contributed by atoms with E-state index in [9.17, 15) is 4.79 Å². The van der Waals surface area contributed by atoms with E-state index in [1.807, 2.05) is 36.6 Å². The molecule has 2 heterocycles. The van der Waals surface area contributed by atoms with Gasteiger partial charge in [0, 0.05) is 28.7 Å². The van der Waals surface area contributed by atoms with Gasteiger partial charge in [0.05, 0.1) is 11.6 Å². The molecule has 20 heavy (non-hydrogen) atoms. The van der Waals surface area contributed by atoms with E-state index in [-0.39, 0.29) is 11.9 Å². The van der Waals surface area contributed by atoms with E-state index in [2.05, 4.69) is 15.3 Å². The SMILES string of the molecule is CCC(NC(=O)c1c[nH]c2ccccc12)c1nccs1. The zero-order chi connectivity index (χ0) is 13.9. The minimum absolute atomic E-state index is 0.0313. The summed E-state index contributed by atoms with van der Waals surface area (Å²) in [4.78, 5) is 19.8. The summed E-state index contributed by atoms with van der Waals surface area (Å²) in [7, 11) is 0. The number of benzene rings is 1. The van der Waals surface area contributed by atoms with Gasteiger partial charge < -0.3 is 10.3 Å². The summed E-state index contributed by atoms with van der Waals surface area (Å²) in [6, 6.07) is 7.77. The van der Waals surface area contributed by atoms with Crippen LogP contribution in [0.15, 0.2) is 42.0 Å². The molecule has 1 aromatic carbocycles. The Kier molecular flexibility index (Phi) is 3.52. The quantitative estimate of drug-likeness (QED) is 0.770. The van der Waals surface area contributed by atoms with Crippen molar-refractivity contribution in [2.24, 2.45) is 0 Å². The minimum atomic E-state index is -0.0653. The van der Waals surface area contributed by atoms with Crippen LogP contribution in [-0.4, -0.2) is 15.9 Å². The highest BCUT2D eigenvalue weighted by Gasteiger charge is 2.18. The average molecular weight is 285 g/mol. The molecule has 0 saturated carbocycles. The fraction of sp³-hybridized carbons (Fsp3) is 0.200. The molecule has 0 aliphatic rings. The van der Waals surface area contributed by atoms with Gasteiger partial charge in [-0.1, -0.05) is 25.1 Å². The zero-order valence-corrected chi connectivity index (χ0v) is 11.9. The van der Waals surface area contributed by atoms with Crippen molar-refractivity contribution in [1.29, 1.82) is 0 Å². The molecule has 3 rings (SSSR count). The number of aromatic amines is 1. The van der Waals surface area contributed by atoms with Crippen molar-refractivity contribution in [3.8, 4) is 0 Å². The van der Waals surface area contributed by atoms with E-state index in [0.29, 0.717) is 5.56 Å². The fourth-order valence-corrected chi connectivity index (χ4v) is 3.01. The molecule has 1 unspecified atom stereocenters. The Morgan fingerprint density at radius 2 is 2.30 bits per heavy atom. The molecule has 102 valence electrons. The van der Waals surface area contributed by atoms with E-state index in [1.165, 1.54) is 0 Å². The predicted molar refractivity (Wildman–Crippen MR) is 80.9 cm³/mol. The van der Waals surface area contributed by atoms with Gasteiger partial charge in [0.1, 0.15) is 5.01 Å². The maximum Gasteiger partial charge on any atom is 0.254 e. The lowest BCUT2D eigenvalue weighted by Crippen LogP contribution is -2.27. The molecule has 5 heteroatoms. The Bertz CT molecular complexity index is 718. The van der Waals surface area contributed by atoms with Crippen LogP contribution in [-0.2, 0) is 0 Å². The molecule has 2 N–H and O–H groups in total. The lowest BCUT2D eigenvalue weighted by Gasteiger charge is -2.14. The number of hydrogen-bond acceptors (Lipinski definition) is 3. The van der Waals surface area contributed by atoms with E-state index in [4.69, 9.17) is 0 Å². The van der Waals surface area contributed by atoms with Crippen LogP contribution < -0.4 is 5.32 Å². The first-order valence-corrected chi connectivity index (χ1v) is 7.44. The van der Waals surface area contributed by atoms with Crippen molar-refractivity contribution in [2.75, 3.05) is 0 Å². The number of nitrogens with one attached hydrogen (secondary N) is 2. The summed E-state index contributed by atoms with van der Waals surface area (Å²) in [5, 5.41) is 6.87. The molecule has 3 aromatic rings. The standard InChI is InChI=1S/C15H15N3OS/c1-2-12(15-16-7-8-20-15)18-14(19)11-9-17-13-6-4-3-5-10(11)13/h3-9,12,17H,2H2,1H3,(H,18,19). The second-order valence-electron chi connectivity index (χ2n) is 4.55. The third-order valence-electron chi connectivity index (χ3n) is 3.30. The van der Waals surface area contributed by atoms with E-state index >= 15 is 0 Å². The molecule has 2 aromatic heterocycles. The highest BCUT2D eigenvalue weighted by Crippen LogP contribution is 2.22. The number of para-hydroxylation sites is 1. The summed E-state index contributed by atoms with van der Waals surface area (Å²) in [5.74, 6) is -0.0653. The summed E-state index contributed by atoms with van der Waals surface area (Å²) in [6.45, 7) is 2.04. The molecular formula is C15H15N3OS. The van der Waals surface area contributed by atoms with E-state index in [0.717, 1.165) is 22.3 Å². The van der Waals surface area contributed by atoms with Crippen LogP contribution >= 0.6 is 11.3 Å². The second kappa shape index (κ2) is 5.46. The lowest BCUT2D eigenvalue weighted by atomic mass is 10.1. The largest absolute Gasteiger partial charge is 0.360 e. The third-order valence-corrected chi connectivity index (χ3v) is 4.19. The molecule has 0 aliphatic heterocycles. The number of fused-ring (bicyclic) bond motifs is 1. The van der Waals surface area contributed by atoms with Gasteiger partial charge in [0.2, 0.25) is 0 Å². The highest BCUT2D eigenvalue weighted by molar-refractivity contribution is 7.09. The first-order valence-electron chi connectivity index (χ1n) is 6.56. The number of H-pyrrole nitrogens is 1. The maximum absolute atomic E-state index is 12.4. The highest BCUT2D eigenvalue weighted by atomic mass is 32.1. The number of rotatable bonds is 4. The van der Waals surface area contributed by atoms with E-state index < -0.39 is 0 Å². The van der Waals surface area contributed by atoms with Gasteiger partial charge in [-0.05, 0) is 12.5 Å². The molecule has 0 aliphatic carbocycles. The van der Waals surface area contributed by atoms with Crippen molar-refractivity contribution in [3.63, 3.8) is 0 Å². The molecule has 0 fully saturated rings. The lowest BCUT2D eigenvalue weighted by molar-refractivity contribution is 0.0937. The molecule has 0 saturated heterocycles. The molecule has 0 bridgehead atoms.